The molecule has 1 N–H and O–H groups in total. The molecule has 1 aliphatic rings. The number of ether oxygens (including phenoxy) is 2. The number of aliphatic hydroxyl groups excluding tert-OH is 1. The largest absolute Gasteiger partial charge is 0.383 e. The van der Waals surface area contributed by atoms with Crippen LogP contribution in [0.25, 0.3) is 0 Å². The monoisotopic (exact) mass is 236 g/mol. The van der Waals surface area contributed by atoms with Crippen LogP contribution in [0.3, 0.4) is 0 Å². The van der Waals surface area contributed by atoms with Gasteiger partial charge in [0.15, 0.2) is 6.29 Å². The van der Waals surface area contributed by atoms with Crippen LogP contribution >= 0.6 is 0 Å². The lowest BCUT2D eigenvalue weighted by Crippen LogP contribution is -2.22. The molecule has 1 unspecified atom stereocenters. The van der Waals surface area contributed by atoms with Crippen LogP contribution in [0.15, 0.2) is 24.3 Å². The van der Waals surface area contributed by atoms with E-state index in [0.717, 1.165) is 11.5 Å². The zero-order valence-electron chi connectivity index (χ0n) is 10.4. The van der Waals surface area contributed by atoms with Crippen LogP contribution in [0.5, 0.6) is 0 Å². The molecule has 94 valence electrons. The number of hydrogen-bond acceptors (Lipinski definition) is 3. The van der Waals surface area contributed by atoms with Crippen molar-refractivity contribution in [3.8, 4) is 0 Å². The van der Waals surface area contributed by atoms with Gasteiger partial charge in [0.1, 0.15) is 6.10 Å². The van der Waals surface area contributed by atoms with E-state index < -0.39 is 12.4 Å². The van der Waals surface area contributed by atoms with E-state index in [1.54, 1.807) is 0 Å². The van der Waals surface area contributed by atoms with Crippen molar-refractivity contribution >= 4 is 0 Å². The summed E-state index contributed by atoms with van der Waals surface area (Å²) in [5.41, 5.74) is 2.21. The molecule has 1 fully saturated rings. The summed E-state index contributed by atoms with van der Waals surface area (Å²) in [6.45, 7) is 0. The molecule has 1 saturated carbocycles. The zero-order chi connectivity index (χ0) is 12.3. The van der Waals surface area contributed by atoms with E-state index in [0.29, 0.717) is 0 Å². The summed E-state index contributed by atoms with van der Waals surface area (Å²) in [5.74, 6) is 0.724. The van der Waals surface area contributed by atoms with Gasteiger partial charge < -0.3 is 14.6 Å². The van der Waals surface area contributed by atoms with Crippen LogP contribution in [-0.4, -0.2) is 25.6 Å². The van der Waals surface area contributed by atoms with E-state index in [-0.39, 0.29) is 0 Å². The average molecular weight is 236 g/mol. The van der Waals surface area contributed by atoms with Crippen molar-refractivity contribution in [2.24, 2.45) is 0 Å². The van der Waals surface area contributed by atoms with E-state index >= 15 is 0 Å². The Hall–Kier alpha value is -0.900. The molecule has 0 amide bonds. The van der Waals surface area contributed by atoms with Crippen molar-refractivity contribution in [3.05, 3.63) is 35.4 Å². The molecule has 0 saturated heterocycles. The number of hydrogen-bond donors (Lipinski definition) is 1. The van der Waals surface area contributed by atoms with E-state index in [1.807, 2.05) is 12.1 Å². The number of methoxy groups -OCH3 is 2. The molecule has 1 aliphatic carbocycles. The third kappa shape index (κ3) is 2.68. The van der Waals surface area contributed by atoms with Crippen molar-refractivity contribution in [1.82, 2.24) is 0 Å². The summed E-state index contributed by atoms with van der Waals surface area (Å²) >= 11 is 0. The van der Waals surface area contributed by atoms with Crippen LogP contribution < -0.4 is 0 Å². The molecule has 0 radical (unpaired) electrons. The Bertz CT molecular complexity index is 339. The lowest BCUT2D eigenvalue weighted by molar-refractivity contribution is -0.166. The Morgan fingerprint density at radius 1 is 1.12 bits per heavy atom. The van der Waals surface area contributed by atoms with Gasteiger partial charge in [0.05, 0.1) is 0 Å². The first-order valence-corrected chi connectivity index (χ1v) is 6.09. The first-order valence-electron chi connectivity index (χ1n) is 6.09. The Kier molecular flexibility index (Phi) is 4.15. The molecule has 0 aliphatic heterocycles. The summed E-state index contributed by atoms with van der Waals surface area (Å²) < 4.78 is 10.1. The van der Waals surface area contributed by atoms with Gasteiger partial charge in [0, 0.05) is 14.2 Å². The maximum atomic E-state index is 10.0. The van der Waals surface area contributed by atoms with Gasteiger partial charge in [-0.2, -0.15) is 0 Å². The molecule has 17 heavy (non-hydrogen) atoms. The highest BCUT2D eigenvalue weighted by molar-refractivity contribution is 5.28. The lowest BCUT2D eigenvalue weighted by atomic mass is 9.80. The quantitative estimate of drug-likeness (QED) is 0.799. The summed E-state index contributed by atoms with van der Waals surface area (Å²) in [5, 5.41) is 10.0. The Balaban J connectivity index is 2.05. The number of benzene rings is 1. The second-order valence-corrected chi connectivity index (χ2v) is 4.58. The van der Waals surface area contributed by atoms with Crippen LogP contribution in [-0.2, 0) is 9.47 Å². The fraction of sp³-hybridized carbons (Fsp3) is 0.571. The van der Waals surface area contributed by atoms with E-state index in [9.17, 15) is 5.11 Å². The minimum absolute atomic E-state index is 0.607. The molecule has 1 aromatic carbocycles. The topological polar surface area (TPSA) is 38.7 Å². The molecule has 1 aromatic rings. The Morgan fingerprint density at radius 3 is 2.12 bits per heavy atom. The van der Waals surface area contributed by atoms with Gasteiger partial charge in [-0.25, -0.2) is 0 Å². The highest BCUT2D eigenvalue weighted by Gasteiger charge is 2.22. The molecule has 3 heteroatoms. The third-order valence-electron chi connectivity index (χ3n) is 3.58. The summed E-state index contributed by atoms with van der Waals surface area (Å²) in [7, 11) is 3.06. The number of aliphatic hydroxyl groups is 1. The molecular formula is C14H20O3. The highest BCUT2D eigenvalue weighted by atomic mass is 16.7. The van der Waals surface area contributed by atoms with Gasteiger partial charge in [-0.1, -0.05) is 30.7 Å². The van der Waals surface area contributed by atoms with Crippen LogP contribution in [0, 0.1) is 0 Å². The van der Waals surface area contributed by atoms with Gasteiger partial charge in [-0.3, -0.25) is 0 Å². The fourth-order valence-electron chi connectivity index (χ4n) is 2.22. The molecule has 0 heterocycles. The summed E-state index contributed by atoms with van der Waals surface area (Å²) in [6, 6.07) is 8.13. The molecular weight excluding hydrogens is 216 g/mol. The second-order valence-electron chi connectivity index (χ2n) is 4.58. The van der Waals surface area contributed by atoms with Crippen LogP contribution in [0.4, 0.5) is 0 Å². The van der Waals surface area contributed by atoms with E-state index in [2.05, 4.69) is 12.1 Å². The predicted molar refractivity (Wildman–Crippen MR) is 65.8 cm³/mol. The second kappa shape index (κ2) is 5.63. The maximum Gasteiger partial charge on any atom is 0.187 e. The third-order valence-corrected chi connectivity index (χ3v) is 3.58. The number of rotatable bonds is 5. The summed E-state index contributed by atoms with van der Waals surface area (Å²) in [6.07, 6.45) is 2.58. The SMILES string of the molecule is COC(OC)C(O)c1ccc(C2CCC2)cc1. The predicted octanol–water partition coefficient (Wildman–Crippen LogP) is 2.61. The molecule has 0 spiro atoms. The lowest BCUT2D eigenvalue weighted by Gasteiger charge is -2.26. The highest BCUT2D eigenvalue weighted by Crippen LogP contribution is 2.36. The smallest absolute Gasteiger partial charge is 0.187 e. The Labute approximate surface area is 102 Å². The van der Waals surface area contributed by atoms with Crippen LogP contribution in [0.2, 0.25) is 0 Å². The summed E-state index contributed by atoms with van der Waals surface area (Å²) in [4.78, 5) is 0. The normalized spacial score (nSPS) is 18.1. The van der Waals surface area contributed by atoms with E-state index in [1.165, 1.54) is 39.0 Å². The van der Waals surface area contributed by atoms with Gasteiger partial charge in [0.2, 0.25) is 0 Å². The van der Waals surface area contributed by atoms with Gasteiger partial charge in [-0.05, 0) is 29.9 Å². The van der Waals surface area contributed by atoms with Crippen LogP contribution in [0.1, 0.15) is 42.4 Å². The maximum absolute atomic E-state index is 10.0. The minimum Gasteiger partial charge on any atom is -0.383 e. The standard InChI is InChI=1S/C14H20O3/c1-16-14(17-2)13(15)12-8-6-11(7-9-12)10-4-3-5-10/h6-10,13-15H,3-5H2,1-2H3. The van der Waals surface area contributed by atoms with Gasteiger partial charge >= 0.3 is 0 Å². The molecule has 1 atom stereocenters. The van der Waals surface area contributed by atoms with Gasteiger partial charge in [-0.15, -0.1) is 0 Å². The van der Waals surface area contributed by atoms with Crippen molar-refractivity contribution in [2.75, 3.05) is 14.2 Å². The molecule has 3 nitrogen and oxygen atoms in total. The Morgan fingerprint density at radius 2 is 1.71 bits per heavy atom. The first kappa shape index (κ1) is 12.6. The van der Waals surface area contributed by atoms with Crippen molar-refractivity contribution in [1.29, 1.82) is 0 Å². The molecule has 0 aromatic heterocycles. The van der Waals surface area contributed by atoms with Crippen molar-refractivity contribution < 1.29 is 14.6 Å². The molecule has 0 bridgehead atoms. The minimum atomic E-state index is -0.736. The van der Waals surface area contributed by atoms with Crippen molar-refractivity contribution in [3.63, 3.8) is 0 Å². The zero-order valence-corrected chi connectivity index (χ0v) is 10.4. The molecule has 2 rings (SSSR count). The fourth-order valence-corrected chi connectivity index (χ4v) is 2.22. The first-order chi connectivity index (χ1) is 8.26. The van der Waals surface area contributed by atoms with Gasteiger partial charge in [0.25, 0.3) is 0 Å². The van der Waals surface area contributed by atoms with Crippen molar-refractivity contribution in [2.45, 2.75) is 37.6 Å². The van der Waals surface area contributed by atoms with E-state index in [4.69, 9.17) is 9.47 Å². The average Bonchev–Trinajstić information content (AvgIpc) is 2.29.